The van der Waals surface area contributed by atoms with Crippen LogP contribution in [-0.2, 0) is 11.3 Å². The molecule has 0 aliphatic carbocycles. The normalized spacial score (nSPS) is 19.4. The molecule has 1 aromatic carbocycles. The third-order valence-electron chi connectivity index (χ3n) is 5.15. The second-order valence-electron chi connectivity index (χ2n) is 7.08. The Hall–Kier alpha value is -2.31. The van der Waals surface area contributed by atoms with Crippen LogP contribution in [0, 0.1) is 11.3 Å². The number of para-hydroxylation sites is 1. The molecule has 1 aliphatic rings. The van der Waals surface area contributed by atoms with E-state index in [0.717, 1.165) is 44.8 Å². The molecule has 0 bridgehead atoms. The smallest absolute Gasteiger partial charge is 0.230 e. The first-order chi connectivity index (χ1) is 13.7. The van der Waals surface area contributed by atoms with E-state index in [0.29, 0.717) is 17.0 Å². The fourth-order valence-corrected chi connectivity index (χ4v) is 5.36. The number of benzene rings is 1. The summed E-state index contributed by atoms with van der Waals surface area (Å²) in [6.45, 7) is 6.20. The van der Waals surface area contributed by atoms with Crippen LogP contribution in [0.5, 0.6) is 0 Å². The van der Waals surface area contributed by atoms with E-state index in [2.05, 4.69) is 29.6 Å². The minimum Gasteiger partial charge on any atom is -0.325 e. The van der Waals surface area contributed by atoms with E-state index in [1.54, 1.807) is 22.3 Å². The Bertz CT molecular complexity index is 964. The summed E-state index contributed by atoms with van der Waals surface area (Å²) in [4.78, 5) is 20.0. The fraction of sp³-hybridized carbons (Fsp3) is 0.350. The molecule has 3 N–H and O–H groups in total. The van der Waals surface area contributed by atoms with Crippen LogP contribution in [0.2, 0.25) is 0 Å². The predicted molar refractivity (Wildman–Crippen MR) is 112 cm³/mol. The summed E-state index contributed by atoms with van der Waals surface area (Å²) in [6.07, 6.45) is 0.491. The molecule has 6 nitrogen and oxygen atoms in total. The van der Waals surface area contributed by atoms with E-state index < -0.39 is 0 Å². The Kier molecular flexibility index (Phi) is 5.98. The first-order valence-corrected chi connectivity index (χ1v) is 11.2. The minimum atomic E-state index is -0.00398. The molecule has 2 aromatic heterocycles. The van der Waals surface area contributed by atoms with E-state index >= 15 is 0 Å². The van der Waals surface area contributed by atoms with Crippen LogP contribution in [0.3, 0.4) is 0 Å². The monoisotopic (exact) mass is 413 g/mol. The Morgan fingerprint density at radius 3 is 2.75 bits per heavy atom. The van der Waals surface area contributed by atoms with Gasteiger partial charge in [0.1, 0.15) is 48.8 Å². The number of carbonyl (C=O) groups is 1. The molecule has 8 heteroatoms. The number of amides is 1. The number of nitrogens with zero attached hydrogens (tertiary/aromatic N) is 2. The van der Waals surface area contributed by atoms with Gasteiger partial charge in [0.05, 0.1) is 28.7 Å². The quantitative estimate of drug-likeness (QED) is 0.552. The number of aromatic nitrogens is 1. The van der Waals surface area contributed by atoms with Gasteiger partial charge in [0.25, 0.3) is 0 Å². The standard InChI is InChI=1S/C20H21N5OS2/c21-13-15-6-12-27-20(15)23-18(26)5-7-24-8-10-25(11-9-24)14-19-22-16-3-1-2-4-17(16)28-19/h1-4,6,12H,5,7-11,14H2,(H,23,26)/p+2. The number of hydrogen-bond donors (Lipinski definition) is 3. The van der Waals surface area contributed by atoms with Crippen molar-refractivity contribution in [3.8, 4) is 6.07 Å². The van der Waals surface area contributed by atoms with Crippen LogP contribution in [-0.4, -0.2) is 43.6 Å². The van der Waals surface area contributed by atoms with Gasteiger partial charge in [-0.2, -0.15) is 5.26 Å². The van der Waals surface area contributed by atoms with Crippen molar-refractivity contribution in [2.24, 2.45) is 0 Å². The molecule has 1 amide bonds. The van der Waals surface area contributed by atoms with Gasteiger partial charge in [-0.3, -0.25) is 4.79 Å². The molecule has 4 rings (SSSR count). The van der Waals surface area contributed by atoms with Crippen molar-refractivity contribution in [1.29, 1.82) is 5.26 Å². The fourth-order valence-electron chi connectivity index (χ4n) is 3.57. The number of nitrogens with one attached hydrogen (secondary N) is 3. The Labute approximate surface area is 172 Å². The zero-order valence-electron chi connectivity index (χ0n) is 15.5. The summed E-state index contributed by atoms with van der Waals surface area (Å²) in [7, 11) is 0. The summed E-state index contributed by atoms with van der Waals surface area (Å²) >= 11 is 3.19. The number of carbonyl (C=O) groups excluding carboxylic acids is 1. The Morgan fingerprint density at radius 1 is 1.18 bits per heavy atom. The molecule has 3 heterocycles. The largest absolute Gasteiger partial charge is 0.325 e. The lowest BCUT2D eigenvalue weighted by molar-refractivity contribution is -1.02. The lowest BCUT2D eigenvalue weighted by Crippen LogP contribution is -3.27. The molecular formula is C20H23N5OS2+2. The van der Waals surface area contributed by atoms with Crippen LogP contribution in [0.25, 0.3) is 10.2 Å². The zero-order chi connectivity index (χ0) is 19.3. The maximum Gasteiger partial charge on any atom is 0.230 e. The average molecular weight is 414 g/mol. The lowest BCUT2D eigenvalue weighted by Gasteiger charge is -2.29. The van der Waals surface area contributed by atoms with E-state index in [1.165, 1.54) is 25.9 Å². The maximum absolute atomic E-state index is 12.2. The van der Waals surface area contributed by atoms with Gasteiger partial charge in [-0.1, -0.05) is 12.1 Å². The molecule has 1 aliphatic heterocycles. The van der Waals surface area contributed by atoms with Crippen molar-refractivity contribution < 1.29 is 14.6 Å². The van der Waals surface area contributed by atoms with Crippen molar-refractivity contribution in [2.75, 3.05) is 38.0 Å². The number of nitriles is 1. The summed E-state index contributed by atoms with van der Waals surface area (Å²) in [6, 6.07) is 12.2. The molecule has 3 aromatic rings. The number of thiophene rings is 1. The number of piperazine rings is 1. The van der Waals surface area contributed by atoms with Crippen molar-refractivity contribution in [2.45, 2.75) is 13.0 Å². The molecule has 0 atom stereocenters. The molecule has 0 spiro atoms. The molecule has 0 saturated carbocycles. The topological polar surface area (TPSA) is 74.7 Å². The van der Waals surface area contributed by atoms with Gasteiger partial charge in [0.15, 0.2) is 0 Å². The molecule has 1 saturated heterocycles. The van der Waals surface area contributed by atoms with Crippen LogP contribution >= 0.6 is 22.7 Å². The number of quaternary nitrogens is 2. The van der Waals surface area contributed by atoms with Crippen LogP contribution in [0.4, 0.5) is 5.00 Å². The highest BCUT2D eigenvalue weighted by atomic mass is 32.1. The lowest BCUT2D eigenvalue weighted by atomic mass is 10.2. The van der Waals surface area contributed by atoms with Gasteiger partial charge >= 0.3 is 0 Å². The maximum atomic E-state index is 12.2. The molecule has 0 radical (unpaired) electrons. The number of anilines is 1. The molecule has 1 fully saturated rings. The van der Waals surface area contributed by atoms with Crippen LogP contribution < -0.4 is 15.1 Å². The second-order valence-corrected chi connectivity index (χ2v) is 9.11. The summed E-state index contributed by atoms with van der Waals surface area (Å²) < 4.78 is 1.26. The van der Waals surface area contributed by atoms with E-state index in [-0.39, 0.29) is 5.91 Å². The highest BCUT2D eigenvalue weighted by Gasteiger charge is 2.24. The molecule has 0 unspecified atom stereocenters. The van der Waals surface area contributed by atoms with Gasteiger partial charge < -0.3 is 15.1 Å². The number of hydrogen-bond acceptors (Lipinski definition) is 5. The first kappa shape index (κ1) is 19.0. The van der Waals surface area contributed by atoms with E-state index in [4.69, 9.17) is 10.2 Å². The summed E-state index contributed by atoms with van der Waals surface area (Å²) in [5.74, 6) is -0.00398. The summed E-state index contributed by atoms with van der Waals surface area (Å²) in [5, 5.41) is 15.6. The first-order valence-electron chi connectivity index (χ1n) is 9.50. The zero-order valence-corrected chi connectivity index (χ0v) is 17.2. The van der Waals surface area contributed by atoms with Gasteiger partial charge in [0, 0.05) is 0 Å². The van der Waals surface area contributed by atoms with Crippen LogP contribution in [0.1, 0.15) is 17.0 Å². The van der Waals surface area contributed by atoms with Crippen molar-refractivity contribution in [3.05, 3.63) is 46.3 Å². The van der Waals surface area contributed by atoms with Crippen molar-refractivity contribution in [1.82, 2.24) is 4.98 Å². The second kappa shape index (κ2) is 8.80. The SMILES string of the molecule is N#Cc1ccsc1NC(=O)CC[NH+]1CC[NH+](Cc2nc3ccccc3s2)CC1. The van der Waals surface area contributed by atoms with Gasteiger partial charge in [0.2, 0.25) is 5.91 Å². The van der Waals surface area contributed by atoms with E-state index in [1.807, 2.05) is 11.4 Å². The summed E-state index contributed by atoms with van der Waals surface area (Å²) in [5.41, 5.74) is 1.64. The molecule has 144 valence electrons. The third kappa shape index (κ3) is 4.56. The minimum absolute atomic E-state index is 0.00398. The van der Waals surface area contributed by atoms with Gasteiger partial charge in [-0.05, 0) is 23.6 Å². The van der Waals surface area contributed by atoms with E-state index in [9.17, 15) is 4.79 Å². The van der Waals surface area contributed by atoms with Gasteiger partial charge in [-0.25, -0.2) is 4.98 Å². The predicted octanol–water partition coefficient (Wildman–Crippen LogP) is 0.542. The number of fused-ring (bicyclic) bond motifs is 1. The molecule has 28 heavy (non-hydrogen) atoms. The highest BCUT2D eigenvalue weighted by molar-refractivity contribution is 7.18. The highest BCUT2D eigenvalue weighted by Crippen LogP contribution is 2.22. The average Bonchev–Trinajstić information content (AvgIpc) is 3.33. The van der Waals surface area contributed by atoms with Crippen molar-refractivity contribution >= 4 is 43.8 Å². The molecular weight excluding hydrogens is 390 g/mol. The van der Waals surface area contributed by atoms with Crippen molar-refractivity contribution in [3.63, 3.8) is 0 Å². The van der Waals surface area contributed by atoms with Crippen LogP contribution in [0.15, 0.2) is 35.7 Å². The Balaban J connectivity index is 1.21. The number of thiazole rings is 1. The Morgan fingerprint density at radius 2 is 1.96 bits per heavy atom. The third-order valence-corrected chi connectivity index (χ3v) is 7.01. The van der Waals surface area contributed by atoms with Gasteiger partial charge in [-0.15, -0.1) is 22.7 Å². The number of rotatable bonds is 6.